The Bertz CT molecular complexity index is 377. The summed E-state index contributed by atoms with van der Waals surface area (Å²) in [5.74, 6) is -0.252. The summed E-state index contributed by atoms with van der Waals surface area (Å²) in [6, 6.07) is 7.41. The summed E-state index contributed by atoms with van der Waals surface area (Å²) in [6.07, 6.45) is 0. The van der Waals surface area contributed by atoms with Gasteiger partial charge in [-0.25, -0.2) is 4.79 Å². The fourth-order valence-electron chi connectivity index (χ4n) is 1.04. The van der Waals surface area contributed by atoms with E-state index in [0.717, 1.165) is 12.6 Å². The van der Waals surface area contributed by atoms with Gasteiger partial charge in [0.15, 0.2) is 7.05 Å². The van der Waals surface area contributed by atoms with E-state index in [1.807, 2.05) is 18.2 Å². The second-order valence-corrected chi connectivity index (χ2v) is 3.51. The molecule has 0 saturated heterocycles. The molecule has 0 fully saturated rings. The molecular formula is C11H14BrNO4. The minimum absolute atomic E-state index is 0.252. The van der Waals surface area contributed by atoms with Crippen LogP contribution < -0.4 is 0 Å². The van der Waals surface area contributed by atoms with Crippen molar-refractivity contribution in [3.63, 3.8) is 0 Å². The first-order valence-electron chi connectivity index (χ1n) is 4.91. The highest BCUT2D eigenvalue weighted by molar-refractivity contribution is 9.08. The molecule has 0 aliphatic heterocycles. The highest BCUT2D eigenvalue weighted by Crippen LogP contribution is 2.13. The highest BCUT2D eigenvalue weighted by atomic mass is 79.9. The van der Waals surface area contributed by atoms with Gasteiger partial charge in [-0.2, -0.15) is 0 Å². The van der Waals surface area contributed by atoms with Gasteiger partial charge < -0.3 is 4.74 Å². The number of esters is 1. The zero-order chi connectivity index (χ0) is 13.3. The van der Waals surface area contributed by atoms with Crippen molar-refractivity contribution in [1.29, 1.82) is 0 Å². The summed E-state index contributed by atoms with van der Waals surface area (Å²) in [6.45, 7) is 2.21. The predicted octanol–water partition coefficient (Wildman–Crippen LogP) is 2.65. The van der Waals surface area contributed by atoms with Crippen LogP contribution in [0.3, 0.4) is 0 Å². The molecule has 0 spiro atoms. The SMILES string of the molecule is CCOC(=O)c1ccccc1CBr.C[N+](=O)[O-]. The van der Waals surface area contributed by atoms with Gasteiger partial charge in [0.25, 0.3) is 0 Å². The zero-order valence-electron chi connectivity index (χ0n) is 9.68. The number of alkyl halides is 1. The van der Waals surface area contributed by atoms with Gasteiger partial charge >= 0.3 is 5.97 Å². The first kappa shape index (κ1) is 15.6. The van der Waals surface area contributed by atoms with Crippen molar-refractivity contribution in [2.24, 2.45) is 0 Å². The molecule has 1 aromatic carbocycles. The number of hydrogen-bond acceptors (Lipinski definition) is 4. The molecule has 94 valence electrons. The summed E-state index contributed by atoms with van der Waals surface area (Å²) in [5.41, 5.74) is 1.60. The number of ether oxygens (including phenoxy) is 1. The van der Waals surface area contributed by atoms with Crippen molar-refractivity contribution >= 4 is 21.9 Å². The molecule has 0 aliphatic carbocycles. The third-order valence-corrected chi connectivity index (χ3v) is 2.26. The second kappa shape index (κ2) is 8.69. The van der Waals surface area contributed by atoms with Crippen molar-refractivity contribution < 1.29 is 14.5 Å². The predicted molar refractivity (Wildman–Crippen MR) is 67.9 cm³/mol. The molecule has 0 heterocycles. The minimum Gasteiger partial charge on any atom is -0.462 e. The minimum atomic E-state index is -0.500. The van der Waals surface area contributed by atoms with Crippen LogP contribution in [0.2, 0.25) is 0 Å². The molecular weight excluding hydrogens is 290 g/mol. The Labute approximate surface area is 108 Å². The van der Waals surface area contributed by atoms with Crippen molar-refractivity contribution in [3.05, 3.63) is 45.5 Å². The molecule has 5 nitrogen and oxygen atoms in total. The highest BCUT2D eigenvalue weighted by Gasteiger charge is 2.09. The van der Waals surface area contributed by atoms with Crippen LogP contribution in [0.15, 0.2) is 24.3 Å². The van der Waals surface area contributed by atoms with Crippen molar-refractivity contribution in [1.82, 2.24) is 0 Å². The molecule has 17 heavy (non-hydrogen) atoms. The maximum absolute atomic E-state index is 11.4. The average Bonchev–Trinajstić information content (AvgIpc) is 2.28. The van der Waals surface area contributed by atoms with Crippen LogP contribution in [-0.4, -0.2) is 24.5 Å². The van der Waals surface area contributed by atoms with Crippen LogP contribution in [-0.2, 0) is 10.1 Å². The number of hydrogen-bond donors (Lipinski definition) is 0. The Morgan fingerprint density at radius 2 is 2.00 bits per heavy atom. The van der Waals surface area contributed by atoms with Crippen molar-refractivity contribution in [2.45, 2.75) is 12.3 Å². The molecule has 1 aromatic rings. The number of nitrogens with zero attached hydrogens (tertiary/aromatic N) is 1. The van der Waals surface area contributed by atoms with E-state index in [9.17, 15) is 4.79 Å². The number of carbonyl (C=O) groups excluding carboxylic acids is 1. The Hall–Kier alpha value is -1.43. The Kier molecular flexibility index (Phi) is 7.96. The third-order valence-electron chi connectivity index (χ3n) is 1.66. The summed E-state index contributed by atoms with van der Waals surface area (Å²) in [4.78, 5) is 19.7. The lowest BCUT2D eigenvalue weighted by molar-refractivity contribution is -0.445. The van der Waals surface area contributed by atoms with E-state index < -0.39 is 4.92 Å². The lowest BCUT2D eigenvalue weighted by Crippen LogP contribution is -2.06. The van der Waals surface area contributed by atoms with E-state index >= 15 is 0 Å². The first-order chi connectivity index (χ1) is 8.02. The summed E-state index contributed by atoms with van der Waals surface area (Å²) in [7, 11) is 0.889. The van der Waals surface area contributed by atoms with Gasteiger partial charge in [0.1, 0.15) is 0 Å². The van der Waals surface area contributed by atoms with Gasteiger partial charge in [-0.1, -0.05) is 34.1 Å². The maximum atomic E-state index is 11.4. The molecule has 0 atom stereocenters. The van der Waals surface area contributed by atoms with E-state index in [1.165, 1.54) is 0 Å². The average molecular weight is 304 g/mol. The van der Waals surface area contributed by atoms with Gasteiger partial charge in [0, 0.05) is 10.3 Å². The molecule has 0 aromatic heterocycles. The quantitative estimate of drug-likeness (QED) is 0.372. The maximum Gasteiger partial charge on any atom is 0.338 e. The van der Waals surface area contributed by atoms with E-state index in [0.29, 0.717) is 17.5 Å². The molecule has 0 radical (unpaired) electrons. The van der Waals surface area contributed by atoms with E-state index in [-0.39, 0.29) is 5.97 Å². The standard InChI is InChI=1S/C10H11BrO2.CH3NO2/c1-2-13-10(12)9-6-4-3-5-8(9)7-11;1-2(3)4/h3-6H,2,7H2,1H3;1H3. The molecule has 0 bridgehead atoms. The van der Waals surface area contributed by atoms with Crippen LogP contribution in [0, 0.1) is 10.1 Å². The van der Waals surface area contributed by atoms with Crippen LogP contribution in [0.5, 0.6) is 0 Å². The lowest BCUT2D eigenvalue weighted by atomic mass is 10.1. The number of carbonyl (C=O) groups is 1. The van der Waals surface area contributed by atoms with E-state index in [2.05, 4.69) is 15.9 Å². The molecule has 0 N–H and O–H groups in total. The molecule has 1 rings (SSSR count). The fourth-order valence-corrected chi connectivity index (χ4v) is 1.53. The largest absolute Gasteiger partial charge is 0.462 e. The van der Waals surface area contributed by atoms with Gasteiger partial charge in [0.2, 0.25) is 0 Å². The van der Waals surface area contributed by atoms with Gasteiger partial charge in [0.05, 0.1) is 12.2 Å². The van der Waals surface area contributed by atoms with Gasteiger partial charge in [-0.15, -0.1) is 0 Å². The number of benzene rings is 1. The summed E-state index contributed by atoms with van der Waals surface area (Å²) >= 11 is 3.32. The molecule has 0 amide bonds. The Balaban J connectivity index is 0.000000557. The van der Waals surface area contributed by atoms with Crippen LogP contribution in [0.4, 0.5) is 0 Å². The zero-order valence-corrected chi connectivity index (χ0v) is 11.3. The smallest absolute Gasteiger partial charge is 0.338 e. The normalized spacial score (nSPS) is 8.88. The topological polar surface area (TPSA) is 69.4 Å². The Morgan fingerprint density at radius 1 is 1.47 bits per heavy atom. The van der Waals surface area contributed by atoms with Crippen LogP contribution in [0.25, 0.3) is 0 Å². The molecule has 0 saturated carbocycles. The number of nitro groups is 1. The second-order valence-electron chi connectivity index (χ2n) is 2.95. The monoisotopic (exact) mass is 303 g/mol. The fraction of sp³-hybridized carbons (Fsp3) is 0.364. The van der Waals surface area contributed by atoms with Crippen molar-refractivity contribution in [3.8, 4) is 0 Å². The molecule has 0 aliphatic rings. The Morgan fingerprint density at radius 3 is 2.47 bits per heavy atom. The first-order valence-corrected chi connectivity index (χ1v) is 6.04. The number of halogens is 1. The number of rotatable bonds is 3. The van der Waals surface area contributed by atoms with Crippen molar-refractivity contribution in [2.75, 3.05) is 13.7 Å². The molecule has 0 unspecified atom stereocenters. The summed E-state index contributed by atoms with van der Waals surface area (Å²) in [5, 5.41) is 9.47. The van der Waals surface area contributed by atoms with Crippen LogP contribution >= 0.6 is 15.9 Å². The molecule has 6 heteroatoms. The van der Waals surface area contributed by atoms with Crippen LogP contribution in [0.1, 0.15) is 22.8 Å². The summed E-state index contributed by atoms with van der Waals surface area (Å²) < 4.78 is 4.91. The lowest BCUT2D eigenvalue weighted by Gasteiger charge is -2.05. The van der Waals surface area contributed by atoms with Gasteiger partial charge in [-0.05, 0) is 18.6 Å². The van der Waals surface area contributed by atoms with E-state index in [1.54, 1.807) is 13.0 Å². The van der Waals surface area contributed by atoms with Gasteiger partial charge in [-0.3, -0.25) is 10.1 Å². The third kappa shape index (κ3) is 6.68. The van der Waals surface area contributed by atoms with E-state index in [4.69, 9.17) is 14.9 Å².